The molecule has 0 spiro atoms. The molecule has 1 aromatic heterocycles. The van der Waals surface area contributed by atoms with Gasteiger partial charge in [-0.2, -0.15) is 0 Å². The van der Waals surface area contributed by atoms with Crippen LogP contribution in [0.5, 0.6) is 5.75 Å². The Morgan fingerprint density at radius 3 is 3.19 bits per heavy atom. The predicted molar refractivity (Wildman–Crippen MR) is 61.2 cm³/mol. The van der Waals surface area contributed by atoms with Gasteiger partial charge in [0, 0.05) is 19.2 Å². The lowest BCUT2D eigenvalue weighted by Gasteiger charge is -2.07. The predicted octanol–water partition coefficient (Wildman–Crippen LogP) is 1.23. The lowest BCUT2D eigenvalue weighted by atomic mass is 10.2. The fraction of sp³-hybridized carbons (Fsp3) is 0.333. The molecule has 1 aromatic rings. The minimum Gasteiger partial charge on any atom is -0.494 e. The summed E-state index contributed by atoms with van der Waals surface area (Å²) < 4.78 is 5.04. The first kappa shape index (κ1) is 12.1. The summed E-state index contributed by atoms with van der Waals surface area (Å²) in [6, 6.07) is 1.62. The van der Waals surface area contributed by atoms with E-state index in [2.05, 4.69) is 16.2 Å². The van der Waals surface area contributed by atoms with E-state index in [4.69, 9.17) is 11.2 Å². The summed E-state index contributed by atoms with van der Waals surface area (Å²) >= 11 is 0. The molecule has 4 nitrogen and oxygen atoms in total. The lowest BCUT2D eigenvalue weighted by molar-refractivity contribution is 0.0950. The standard InChI is InChI=1S/C12H14N2O2/c1-3-4-5-7-14-12(15)10-6-8-13-9-11(10)16-2/h1,6,8-9H,4-5,7H2,2H3,(H,14,15). The SMILES string of the molecule is C#CCCCNC(=O)c1ccncc1OC. The van der Waals surface area contributed by atoms with Crippen molar-refractivity contribution in [2.75, 3.05) is 13.7 Å². The normalized spacial score (nSPS) is 9.25. The number of aromatic nitrogens is 1. The zero-order valence-electron chi connectivity index (χ0n) is 9.19. The molecule has 0 aromatic carbocycles. The number of carbonyl (C=O) groups excluding carboxylic acids is 1. The van der Waals surface area contributed by atoms with Crippen molar-refractivity contribution in [1.29, 1.82) is 0 Å². The number of nitrogens with zero attached hydrogens (tertiary/aromatic N) is 1. The fourth-order valence-corrected chi connectivity index (χ4v) is 1.22. The van der Waals surface area contributed by atoms with Gasteiger partial charge in [0.1, 0.15) is 5.75 Å². The number of rotatable bonds is 5. The molecule has 0 fully saturated rings. The summed E-state index contributed by atoms with van der Waals surface area (Å²) in [5.41, 5.74) is 0.484. The summed E-state index contributed by atoms with van der Waals surface area (Å²) in [4.78, 5) is 15.6. The Balaban J connectivity index is 2.56. The molecule has 0 aliphatic rings. The number of hydrogen-bond acceptors (Lipinski definition) is 3. The maximum atomic E-state index is 11.7. The highest BCUT2D eigenvalue weighted by Crippen LogP contribution is 2.14. The van der Waals surface area contributed by atoms with Gasteiger partial charge in [-0.1, -0.05) is 0 Å². The number of carbonyl (C=O) groups is 1. The van der Waals surface area contributed by atoms with Crippen molar-refractivity contribution in [3.05, 3.63) is 24.0 Å². The van der Waals surface area contributed by atoms with E-state index in [9.17, 15) is 4.79 Å². The maximum absolute atomic E-state index is 11.7. The molecule has 1 rings (SSSR count). The Kier molecular flexibility index (Phi) is 4.87. The number of unbranched alkanes of at least 4 members (excludes halogenated alkanes) is 1. The van der Waals surface area contributed by atoms with Crippen molar-refractivity contribution in [2.45, 2.75) is 12.8 Å². The molecule has 16 heavy (non-hydrogen) atoms. The Morgan fingerprint density at radius 1 is 1.69 bits per heavy atom. The Labute approximate surface area is 95.0 Å². The van der Waals surface area contributed by atoms with Crippen LogP contribution in [0.4, 0.5) is 0 Å². The van der Waals surface area contributed by atoms with Crippen molar-refractivity contribution >= 4 is 5.91 Å². The van der Waals surface area contributed by atoms with Crippen LogP contribution in [0, 0.1) is 12.3 Å². The van der Waals surface area contributed by atoms with E-state index in [1.54, 1.807) is 12.3 Å². The van der Waals surface area contributed by atoms with Crippen molar-refractivity contribution in [1.82, 2.24) is 10.3 Å². The summed E-state index contributed by atoms with van der Waals surface area (Å²) in [6.45, 7) is 0.564. The number of hydrogen-bond donors (Lipinski definition) is 1. The molecule has 0 aliphatic heterocycles. The molecule has 0 saturated heterocycles. The lowest BCUT2D eigenvalue weighted by Crippen LogP contribution is -2.24. The van der Waals surface area contributed by atoms with Gasteiger partial charge in [0.15, 0.2) is 0 Å². The number of terminal acetylenes is 1. The zero-order valence-corrected chi connectivity index (χ0v) is 9.19. The van der Waals surface area contributed by atoms with Gasteiger partial charge in [-0.05, 0) is 12.5 Å². The van der Waals surface area contributed by atoms with Gasteiger partial charge in [0.2, 0.25) is 0 Å². The van der Waals surface area contributed by atoms with Gasteiger partial charge in [-0.25, -0.2) is 0 Å². The van der Waals surface area contributed by atoms with Crippen molar-refractivity contribution in [3.63, 3.8) is 0 Å². The van der Waals surface area contributed by atoms with Gasteiger partial charge < -0.3 is 10.1 Å². The molecule has 1 heterocycles. The first-order valence-corrected chi connectivity index (χ1v) is 4.99. The van der Waals surface area contributed by atoms with Crippen LogP contribution in [0.25, 0.3) is 0 Å². The minimum absolute atomic E-state index is 0.170. The quantitative estimate of drug-likeness (QED) is 0.597. The Bertz CT molecular complexity index is 396. The number of pyridine rings is 1. The number of methoxy groups -OCH3 is 1. The topological polar surface area (TPSA) is 51.2 Å². The van der Waals surface area contributed by atoms with E-state index in [0.29, 0.717) is 24.3 Å². The third-order valence-electron chi connectivity index (χ3n) is 2.03. The average Bonchev–Trinajstić information content (AvgIpc) is 2.34. The number of amides is 1. The van der Waals surface area contributed by atoms with Gasteiger partial charge in [0.05, 0.1) is 18.9 Å². The first-order valence-electron chi connectivity index (χ1n) is 4.99. The van der Waals surface area contributed by atoms with Gasteiger partial charge in [0.25, 0.3) is 5.91 Å². The van der Waals surface area contributed by atoms with Crippen LogP contribution in [-0.2, 0) is 0 Å². The Hall–Kier alpha value is -2.02. The molecule has 84 valence electrons. The second kappa shape index (κ2) is 6.46. The highest BCUT2D eigenvalue weighted by Gasteiger charge is 2.10. The van der Waals surface area contributed by atoms with E-state index < -0.39 is 0 Å². The van der Waals surface area contributed by atoms with Crippen LogP contribution in [0.15, 0.2) is 18.5 Å². The minimum atomic E-state index is -0.170. The van der Waals surface area contributed by atoms with Gasteiger partial charge in [-0.3, -0.25) is 9.78 Å². The molecular formula is C12H14N2O2. The zero-order chi connectivity index (χ0) is 11.8. The van der Waals surface area contributed by atoms with E-state index in [1.165, 1.54) is 13.3 Å². The summed E-state index contributed by atoms with van der Waals surface area (Å²) in [7, 11) is 1.51. The van der Waals surface area contributed by atoms with Crippen LogP contribution in [0.2, 0.25) is 0 Å². The summed E-state index contributed by atoms with van der Waals surface area (Å²) in [5, 5.41) is 2.77. The van der Waals surface area contributed by atoms with E-state index in [1.807, 2.05) is 0 Å². The molecular weight excluding hydrogens is 204 g/mol. The van der Waals surface area contributed by atoms with Crippen LogP contribution < -0.4 is 10.1 Å². The van der Waals surface area contributed by atoms with Crippen molar-refractivity contribution < 1.29 is 9.53 Å². The summed E-state index contributed by atoms with van der Waals surface area (Å²) in [6.07, 6.45) is 9.61. The second-order valence-corrected chi connectivity index (χ2v) is 3.14. The summed E-state index contributed by atoms with van der Waals surface area (Å²) in [5.74, 6) is 2.82. The number of ether oxygens (including phenoxy) is 1. The van der Waals surface area contributed by atoms with Crippen LogP contribution in [0.1, 0.15) is 23.2 Å². The third-order valence-corrected chi connectivity index (χ3v) is 2.03. The molecule has 4 heteroatoms. The van der Waals surface area contributed by atoms with Gasteiger partial charge in [-0.15, -0.1) is 12.3 Å². The van der Waals surface area contributed by atoms with Crippen LogP contribution >= 0.6 is 0 Å². The van der Waals surface area contributed by atoms with Crippen LogP contribution in [-0.4, -0.2) is 24.5 Å². The molecule has 0 unspecified atom stereocenters. The molecule has 0 aliphatic carbocycles. The number of nitrogens with one attached hydrogen (secondary N) is 1. The Morgan fingerprint density at radius 2 is 2.50 bits per heavy atom. The van der Waals surface area contributed by atoms with Crippen molar-refractivity contribution in [2.24, 2.45) is 0 Å². The molecule has 0 bridgehead atoms. The smallest absolute Gasteiger partial charge is 0.255 e. The second-order valence-electron chi connectivity index (χ2n) is 3.14. The molecule has 1 amide bonds. The van der Waals surface area contributed by atoms with Crippen molar-refractivity contribution in [3.8, 4) is 18.1 Å². The molecule has 0 atom stereocenters. The molecule has 0 saturated carbocycles. The third kappa shape index (κ3) is 3.28. The largest absolute Gasteiger partial charge is 0.494 e. The molecule has 1 N–H and O–H groups in total. The first-order chi connectivity index (χ1) is 7.79. The average molecular weight is 218 g/mol. The monoisotopic (exact) mass is 218 g/mol. The van der Waals surface area contributed by atoms with E-state index in [0.717, 1.165) is 6.42 Å². The highest BCUT2D eigenvalue weighted by atomic mass is 16.5. The highest BCUT2D eigenvalue weighted by molar-refractivity contribution is 5.96. The van der Waals surface area contributed by atoms with Crippen LogP contribution in [0.3, 0.4) is 0 Å². The molecule has 0 radical (unpaired) electrons. The van der Waals surface area contributed by atoms with E-state index in [-0.39, 0.29) is 5.91 Å². The van der Waals surface area contributed by atoms with E-state index >= 15 is 0 Å². The maximum Gasteiger partial charge on any atom is 0.255 e. The fourth-order valence-electron chi connectivity index (χ4n) is 1.22. The van der Waals surface area contributed by atoms with Gasteiger partial charge >= 0.3 is 0 Å².